The molecule has 118 valence electrons. The van der Waals surface area contributed by atoms with E-state index in [9.17, 15) is 12.8 Å². The SMILES string of the molecule is O=S(=O)(NCc1cnn(-c2ccccc2)c1)c1cccc(F)c1. The maximum atomic E-state index is 13.1. The van der Waals surface area contributed by atoms with Gasteiger partial charge in [-0.2, -0.15) is 5.10 Å². The Kier molecular flexibility index (Phi) is 4.22. The fourth-order valence-corrected chi connectivity index (χ4v) is 3.12. The van der Waals surface area contributed by atoms with E-state index in [1.54, 1.807) is 17.1 Å². The minimum Gasteiger partial charge on any atom is -0.241 e. The molecule has 0 saturated carbocycles. The van der Waals surface area contributed by atoms with Crippen LogP contribution in [0.15, 0.2) is 71.9 Å². The zero-order valence-corrected chi connectivity index (χ0v) is 12.9. The van der Waals surface area contributed by atoms with E-state index in [4.69, 9.17) is 0 Å². The summed E-state index contributed by atoms with van der Waals surface area (Å²) in [6.45, 7) is 0.0751. The highest BCUT2D eigenvalue weighted by Crippen LogP contribution is 2.12. The number of nitrogens with zero attached hydrogens (tertiary/aromatic N) is 2. The molecule has 2 aromatic carbocycles. The number of sulfonamides is 1. The molecule has 0 spiro atoms. The first-order chi connectivity index (χ1) is 11.0. The highest BCUT2D eigenvalue weighted by molar-refractivity contribution is 7.89. The fraction of sp³-hybridized carbons (Fsp3) is 0.0625. The van der Waals surface area contributed by atoms with Crippen molar-refractivity contribution in [2.45, 2.75) is 11.4 Å². The molecule has 1 N–H and O–H groups in total. The smallest absolute Gasteiger partial charge is 0.240 e. The monoisotopic (exact) mass is 331 g/mol. The maximum absolute atomic E-state index is 13.1. The molecule has 3 aromatic rings. The molecule has 0 bridgehead atoms. The van der Waals surface area contributed by atoms with Gasteiger partial charge in [-0.3, -0.25) is 0 Å². The quantitative estimate of drug-likeness (QED) is 0.781. The Morgan fingerprint density at radius 2 is 1.87 bits per heavy atom. The largest absolute Gasteiger partial charge is 0.241 e. The Hall–Kier alpha value is -2.51. The van der Waals surface area contributed by atoms with Crippen LogP contribution in [0.4, 0.5) is 4.39 Å². The number of para-hydroxylation sites is 1. The van der Waals surface area contributed by atoms with Gasteiger partial charge < -0.3 is 0 Å². The third kappa shape index (κ3) is 3.64. The van der Waals surface area contributed by atoms with E-state index in [1.807, 2.05) is 30.3 Å². The van der Waals surface area contributed by atoms with E-state index in [2.05, 4.69) is 9.82 Å². The molecule has 0 unspecified atom stereocenters. The van der Waals surface area contributed by atoms with Gasteiger partial charge in [0.15, 0.2) is 0 Å². The highest BCUT2D eigenvalue weighted by Gasteiger charge is 2.14. The van der Waals surface area contributed by atoms with Gasteiger partial charge in [0.25, 0.3) is 0 Å². The summed E-state index contributed by atoms with van der Waals surface area (Å²) in [5.74, 6) is -0.593. The van der Waals surface area contributed by atoms with Crippen LogP contribution in [-0.4, -0.2) is 18.2 Å². The summed E-state index contributed by atoms with van der Waals surface area (Å²) in [4.78, 5) is -0.104. The lowest BCUT2D eigenvalue weighted by Gasteiger charge is -2.05. The Balaban J connectivity index is 1.73. The Morgan fingerprint density at radius 3 is 2.61 bits per heavy atom. The minimum absolute atomic E-state index is 0.0751. The number of rotatable bonds is 5. The molecule has 1 aromatic heterocycles. The molecule has 0 fully saturated rings. The molecule has 23 heavy (non-hydrogen) atoms. The van der Waals surface area contributed by atoms with E-state index in [0.717, 1.165) is 11.8 Å². The van der Waals surface area contributed by atoms with Gasteiger partial charge in [0.1, 0.15) is 5.82 Å². The molecular formula is C16H14FN3O2S. The molecule has 7 heteroatoms. The summed E-state index contributed by atoms with van der Waals surface area (Å²) < 4.78 is 41.5. The number of hydrogen-bond donors (Lipinski definition) is 1. The van der Waals surface area contributed by atoms with Crippen molar-refractivity contribution in [2.75, 3.05) is 0 Å². The van der Waals surface area contributed by atoms with Gasteiger partial charge in [-0.1, -0.05) is 24.3 Å². The predicted octanol–water partition coefficient (Wildman–Crippen LogP) is 2.49. The fourth-order valence-electron chi connectivity index (χ4n) is 2.07. The number of halogens is 1. The van der Waals surface area contributed by atoms with E-state index in [-0.39, 0.29) is 11.4 Å². The van der Waals surface area contributed by atoms with Crippen molar-refractivity contribution in [1.82, 2.24) is 14.5 Å². The average molecular weight is 331 g/mol. The first kappa shape index (κ1) is 15.4. The van der Waals surface area contributed by atoms with Crippen LogP contribution in [0.3, 0.4) is 0 Å². The zero-order chi connectivity index (χ0) is 16.3. The number of nitrogens with one attached hydrogen (secondary N) is 1. The summed E-state index contributed by atoms with van der Waals surface area (Å²) >= 11 is 0. The summed E-state index contributed by atoms with van der Waals surface area (Å²) in [7, 11) is -3.76. The van der Waals surface area contributed by atoms with Crippen LogP contribution in [-0.2, 0) is 16.6 Å². The van der Waals surface area contributed by atoms with Gasteiger partial charge in [-0.25, -0.2) is 22.2 Å². The molecule has 1 heterocycles. The second-order valence-electron chi connectivity index (χ2n) is 4.91. The van der Waals surface area contributed by atoms with Crippen LogP contribution in [0.5, 0.6) is 0 Å². The molecule has 0 saturated heterocycles. The van der Waals surface area contributed by atoms with Crippen LogP contribution >= 0.6 is 0 Å². The van der Waals surface area contributed by atoms with Crippen molar-refractivity contribution in [1.29, 1.82) is 0 Å². The first-order valence-corrected chi connectivity index (χ1v) is 8.37. The second-order valence-corrected chi connectivity index (χ2v) is 6.68. The van der Waals surface area contributed by atoms with Gasteiger partial charge in [0, 0.05) is 18.3 Å². The highest BCUT2D eigenvalue weighted by atomic mass is 32.2. The number of aromatic nitrogens is 2. The summed E-state index contributed by atoms with van der Waals surface area (Å²) in [6.07, 6.45) is 3.32. The van der Waals surface area contributed by atoms with E-state index >= 15 is 0 Å². The van der Waals surface area contributed by atoms with Crippen LogP contribution in [0.1, 0.15) is 5.56 Å². The second kappa shape index (κ2) is 6.31. The van der Waals surface area contributed by atoms with Crippen molar-refractivity contribution < 1.29 is 12.8 Å². The van der Waals surface area contributed by atoms with Crippen molar-refractivity contribution in [3.05, 3.63) is 78.4 Å². The predicted molar refractivity (Wildman–Crippen MR) is 84.0 cm³/mol. The molecule has 0 aliphatic rings. The summed E-state index contributed by atoms with van der Waals surface area (Å²) in [5, 5.41) is 4.20. The number of hydrogen-bond acceptors (Lipinski definition) is 3. The topological polar surface area (TPSA) is 64.0 Å². The first-order valence-electron chi connectivity index (χ1n) is 6.89. The molecule has 0 aliphatic heterocycles. The van der Waals surface area contributed by atoms with Crippen molar-refractivity contribution in [3.8, 4) is 5.69 Å². The van der Waals surface area contributed by atoms with Gasteiger partial charge in [0.2, 0.25) is 10.0 Å². The Morgan fingerprint density at radius 1 is 1.09 bits per heavy atom. The molecular weight excluding hydrogens is 317 g/mol. The molecule has 0 aliphatic carbocycles. The number of benzene rings is 2. The zero-order valence-electron chi connectivity index (χ0n) is 12.1. The lowest BCUT2D eigenvalue weighted by atomic mass is 10.3. The van der Waals surface area contributed by atoms with Crippen LogP contribution < -0.4 is 4.72 Å². The van der Waals surface area contributed by atoms with E-state index < -0.39 is 15.8 Å². The average Bonchev–Trinajstić information content (AvgIpc) is 3.03. The Labute approximate surface area is 133 Å². The van der Waals surface area contributed by atoms with Crippen molar-refractivity contribution in [2.24, 2.45) is 0 Å². The van der Waals surface area contributed by atoms with Crippen molar-refractivity contribution in [3.63, 3.8) is 0 Å². The van der Waals surface area contributed by atoms with E-state index in [1.165, 1.54) is 18.2 Å². The van der Waals surface area contributed by atoms with Gasteiger partial charge in [0.05, 0.1) is 16.8 Å². The molecule has 0 radical (unpaired) electrons. The summed E-state index contributed by atoms with van der Waals surface area (Å²) in [5.41, 5.74) is 1.58. The van der Waals surface area contributed by atoms with Gasteiger partial charge in [-0.05, 0) is 30.3 Å². The third-order valence-corrected chi connectivity index (χ3v) is 4.63. The summed E-state index contributed by atoms with van der Waals surface area (Å²) in [6, 6.07) is 14.4. The lowest BCUT2D eigenvalue weighted by Crippen LogP contribution is -2.23. The van der Waals surface area contributed by atoms with Crippen LogP contribution in [0, 0.1) is 5.82 Å². The van der Waals surface area contributed by atoms with Gasteiger partial charge >= 0.3 is 0 Å². The van der Waals surface area contributed by atoms with Gasteiger partial charge in [-0.15, -0.1) is 0 Å². The molecule has 0 atom stereocenters. The standard InChI is InChI=1S/C16H14FN3O2S/c17-14-5-4-8-16(9-14)23(21,22)19-11-13-10-18-20(12-13)15-6-2-1-3-7-15/h1-10,12,19H,11H2. The molecule has 5 nitrogen and oxygen atoms in total. The third-order valence-electron chi connectivity index (χ3n) is 3.23. The molecule has 0 amide bonds. The van der Waals surface area contributed by atoms with Crippen molar-refractivity contribution >= 4 is 10.0 Å². The Bertz CT molecular complexity index is 908. The minimum atomic E-state index is -3.76. The van der Waals surface area contributed by atoms with E-state index in [0.29, 0.717) is 5.56 Å². The van der Waals surface area contributed by atoms with Crippen LogP contribution in [0.25, 0.3) is 5.69 Å². The van der Waals surface area contributed by atoms with Crippen LogP contribution in [0.2, 0.25) is 0 Å². The normalized spacial score (nSPS) is 11.5. The molecule has 3 rings (SSSR count). The maximum Gasteiger partial charge on any atom is 0.240 e. The lowest BCUT2D eigenvalue weighted by molar-refractivity contribution is 0.577.